The highest BCUT2D eigenvalue weighted by Crippen LogP contribution is 2.32. The molecule has 1 heterocycles. The summed E-state index contributed by atoms with van der Waals surface area (Å²) < 4.78 is 0. The van der Waals surface area contributed by atoms with Crippen molar-refractivity contribution in [2.45, 2.75) is 37.8 Å². The van der Waals surface area contributed by atoms with E-state index in [4.69, 9.17) is 23.2 Å². The van der Waals surface area contributed by atoms with Gasteiger partial charge in [-0.15, -0.1) is 0 Å². The number of halogens is 2. The summed E-state index contributed by atoms with van der Waals surface area (Å²) in [5.41, 5.74) is 1.03. The van der Waals surface area contributed by atoms with Crippen molar-refractivity contribution in [3.05, 3.63) is 70.0 Å². The highest BCUT2D eigenvalue weighted by molar-refractivity contribution is 6.31. The molecular weight excluding hydrogens is 465 g/mol. The first-order valence-corrected chi connectivity index (χ1v) is 11.2. The molecule has 0 spiro atoms. The molecule has 1 saturated carbocycles. The average Bonchev–Trinajstić information content (AvgIpc) is 2.81. The molecule has 33 heavy (non-hydrogen) atoms. The molecule has 1 fully saturated rings. The van der Waals surface area contributed by atoms with Gasteiger partial charge in [-0.1, -0.05) is 60.3 Å². The number of aromatic carboxylic acids is 1. The molecule has 2 aromatic carbocycles. The lowest BCUT2D eigenvalue weighted by atomic mass is 9.92. The van der Waals surface area contributed by atoms with Crippen molar-refractivity contribution in [2.24, 2.45) is 0 Å². The Morgan fingerprint density at radius 1 is 0.818 bits per heavy atom. The molecule has 0 aliphatic heterocycles. The average molecular weight is 486 g/mol. The van der Waals surface area contributed by atoms with Gasteiger partial charge in [0.1, 0.15) is 0 Å². The summed E-state index contributed by atoms with van der Waals surface area (Å²) in [6, 6.07) is 13.1. The minimum Gasteiger partial charge on any atom is -0.476 e. The Labute approximate surface area is 200 Å². The standard InChI is InChI=1S/C24H21Cl2N3O4/c25-15-9-5-13(6-10-15)19-20(14-7-11-16(26)12-8-14)29-22(24(32)33)21(28-19)23(31)27-17-3-1-2-4-18(17)30/h5-12,17-18,30H,1-4H2,(H,27,31)(H,32,33)/t17-,18-/m1/s1. The number of carboxylic acids is 1. The van der Waals surface area contributed by atoms with Gasteiger partial charge in [0, 0.05) is 21.2 Å². The molecule has 0 bridgehead atoms. The Hall–Kier alpha value is -3.00. The lowest BCUT2D eigenvalue weighted by molar-refractivity contribution is 0.0666. The molecule has 170 valence electrons. The minimum absolute atomic E-state index is 0.292. The van der Waals surface area contributed by atoms with E-state index in [0.29, 0.717) is 45.4 Å². The van der Waals surface area contributed by atoms with Gasteiger partial charge in [0.05, 0.1) is 23.5 Å². The number of aliphatic hydroxyl groups excluding tert-OH is 1. The van der Waals surface area contributed by atoms with Crippen LogP contribution in [0, 0.1) is 0 Å². The number of nitrogens with one attached hydrogen (secondary N) is 1. The second-order valence-corrected chi connectivity index (χ2v) is 8.74. The second-order valence-electron chi connectivity index (χ2n) is 7.87. The molecule has 2 atom stereocenters. The maximum Gasteiger partial charge on any atom is 0.357 e. The number of benzene rings is 2. The monoisotopic (exact) mass is 485 g/mol. The van der Waals surface area contributed by atoms with Crippen molar-refractivity contribution in [3.63, 3.8) is 0 Å². The van der Waals surface area contributed by atoms with Crippen LogP contribution in [0.3, 0.4) is 0 Å². The molecule has 0 unspecified atom stereocenters. The van der Waals surface area contributed by atoms with Crippen LogP contribution in [0.4, 0.5) is 0 Å². The smallest absolute Gasteiger partial charge is 0.357 e. The summed E-state index contributed by atoms with van der Waals surface area (Å²) >= 11 is 12.0. The van der Waals surface area contributed by atoms with Gasteiger partial charge in [0.25, 0.3) is 5.91 Å². The number of aliphatic hydroxyl groups is 1. The highest BCUT2D eigenvalue weighted by Gasteiger charge is 2.29. The minimum atomic E-state index is -1.38. The zero-order valence-corrected chi connectivity index (χ0v) is 19.0. The van der Waals surface area contributed by atoms with E-state index >= 15 is 0 Å². The zero-order valence-electron chi connectivity index (χ0n) is 17.5. The van der Waals surface area contributed by atoms with E-state index < -0.39 is 29.7 Å². The Kier molecular flexibility index (Phi) is 6.93. The molecular formula is C24H21Cl2N3O4. The first kappa shape index (κ1) is 23.2. The molecule has 3 aromatic rings. The molecule has 0 radical (unpaired) electrons. The van der Waals surface area contributed by atoms with Gasteiger partial charge >= 0.3 is 5.97 Å². The number of rotatable bonds is 5. The lowest BCUT2D eigenvalue weighted by Gasteiger charge is -2.28. The number of carboxylic acid groups (broad SMARTS) is 1. The third-order valence-corrected chi connectivity index (χ3v) is 6.10. The fourth-order valence-electron chi connectivity index (χ4n) is 3.88. The van der Waals surface area contributed by atoms with Crippen LogP contribution < -0.4 is 5.32 Å². The first-order valence-electron chi connectivity index (χ1n) is 10.5. The van der Waals surface area contributed by atoms with Crippen LogP contribution in [0.1, 0.15) is 46.7 Å². The largest absolute Gasteiger partial charge is 0.476 e. The third-order valence-electron chi connectivity index (χ3n) is 5.59. The molecule has 1 amide bonds. The van der Waals surface area contributed by atoms with Crippen LogP contribution >= 0.6 is 23.2 Å². The number of carbonyl (C=O) groups is 2. The number of carbonyl (C=O) groups excluding carboxylic acids is 1. The van der Waals surface area contributed by atoms with Crippen molar-refractivity contribution in [3.8, 4) is 22.5 Å². The van der Waals surface area contributed by atoms with E-state index in [0.717, 1.165) is 12.8 Å². The van der Waals surface area contributed by atoms with E-state index in [1.54, 1.807) is 48.5 Å². The molecule has 7 nitrogen and oxygen atoms in total. The van der Waals surface area contributed by atoms with Crippen molar-refractivity contribution in [1.29, 1.82) is 0 Å². The number of hydrogen-bond acceptors (Lipinski definition) is 5. The van der Waals surface area contributed by atoms with Gasteiger partial charge in [-0.2, -0.15) is 0 Å². The summed E-state index contributed by atoms with van der Waals surface area (Å²) in [4.78, 5) is 33.9. The first-order chi connectivity index (χ1) is 15.8. The maximum absolute atomic E-state index is 13.1. The number of amides is 1. The number of nitrogens with zero attached hydrogens (tertiary/aromatic N) is 2. The summed E-state index contributed by atoms with van der Waals surface area (Å²) in [5, 5.41) is 23.8. The van der Waals surface area contributed by atoms with Crippen molar-refractivity contribution in [1.82, 2.24) is 15.3 Å². The Bertz CT molecular complexity index is 1180. The molecule has 3 N–H and O–H groups in total. The van der Waals surface area contributed by atoms with Gasteiger partial charge in [-0.25, -0.2) is 14.8 Å². The third kappa shape index (κ3) is 5.16. The predicted octanol–water partition coefficient (Wildman–Crippen LogP) is 4.85. The fraction of sp³-hybridized carbons (Fsp3) is 0.250. The van der Waals surface area contributed by atoms with Crippen LogP contribution in [0.5, 0.6) is 0 Å². The summed E-state index contributed by atoms with van der Waals surface area (Å²) in [5.74, 6) is -2.07. The molecule has 1 aromatic heterocycles. The van der Waals surface area contributed by atoms with Gasteiger partial charge in [-0.3, -0.25) is 4.79 Å². The molecule has 1 aliphatic rings. The number of aromatic nitrogens is 2. The summed E-state index contributed by atoms with van der Waals surface area (Å²) in [7, 11) is 0. The van der Waals surface area contributed by atoms with Crippen molar-refractivity contribution >= 4 is 35.1 Å². The normalized spacial score (nSPS) is 18.0. The summed E-state index contributed by atoms with van der Waals surface area (Å²) in [6.07, 6.45) is 2.24. The van der Waals surface area contributed by atoms with Crippen molar-refractivity contribution < 1.29 is 19.8 Å². The van der Waals surface area contributed by atoms with Crippen LogP contribution in [0.25, 0.3) is 22.5 Å². The van der Waals surface area contributed by atoms with Gasteiger partial charge in [0.15, 0.2) is 11.4 Å². The molecule has 1 aliphatic carbocycles. The highest BCUT2D eigenvalue weighted by atomic mass is 35.5. The van der Waals surface area contributed by atoms with Crippen LogP contribution in [-0.2, 0) is 0 Å². The zero-order chi connectivity index (χ0) is 23.5. The molecule has 9 heteroatoms. The maximum atomic E-state index is 13.1. The van der Waals surface area contributed by atoms with E-state index in [1.165, 1.54) is 0 Å². The van der Waals surface area contributed by atoms with Gasteiger partial charge in [-0.05, 0) is 37.1 Å². The van der Waals surface area contributed by atoms with Crippen LogP contribution in [-0.4, -0.2) is 44.2 Å². The summed E-state index contributed by atoms with van der Waals surface area (Å²) in [6.45, 7) is 0. The van der Waals surface area contributed by atoms with Crippen LogP contribution in [0.15, 0.2) is 48.5 Å². The Morgan fingerprint density at radius 3 is 1.79 bits per heavy atom. The molecule has 0 saturated heterocycles. The van der Waals surface area contributed by atoms with Crippen LogP contribution in [0.2, 0.25) is 10.0 Å². The Morgan fingerprint density at radius 2 is 1.30 bits per heavy atom. The van der Waals surface area contributed by atoms with E-state index in [2.05, 4.69) is 15.3 Å². The van der Waals surface area contributed by atoms with E-state index in [-0.39, 0.29) is 5.69 Å². The fourth-order valence-corrected chi connectivity index (χ4v) is 4.13. The van der Waals surface area contributed by atoms with E-state index in [9.17, 15) is 19.8 Å². The molecule has 4 rings (SSSR count). The van der Waals surface area contributed by atoms with Gasteiger partial charge in [0.2, 0.25) is 0 Å². The predicted molar refractivity (Wildman–Crippen MR) is 126 cm³/mol. The lowest BCUT2D eigenvalue weighted by Crippen LogP contribution is -2.45. The SMILES string of the molecule is O=C(O)c1nc(-c2ccc(Cl)cc2)c(-c2ccc(Cl)cc2)nc1C(=O)N[C@@H]1CCCC[C@H]1O. The topological polar surface area (TPSA) is 112 Å². The second kappa shape index (κ2) is 9.87. The van der Waals surface area contributed by atoms with E-state index in [1.807, 2.05) is 0 Å². The van der Waals surface area contributed by atoms with Gasteiger partial charge < -0.3 is 15.5 Å². The number of hydrogen-bond donors (Lipinski definition) is 3. The quantitative estimate of drug-likeness (QED) is 0.476. The Balaban J connectivity index is 1.85. The van der Waals surface area contributed by atoms with Crippen molar-refractivity contribution in [2.75, 3.05) is 0 Å².